The van der Waals surface area contributed by atoms with Crippen molar-refractivity contribution in [1.82, 2.24) is 10.6 Å². The van der Waals surface area contributed by atoms with Crippen LogP contribution < -0.4 is 15.4 Å². The Hall–Kier alpha value is -1.79. The normalized spacial score (nSPS) is 22.4. The molecule has 138 valence electrons. The monoisotopic (exact) mass is 348 g/mol. The molecule has 2 aliphatic rings. The molecule has 6 nitrogen and oxygen atoms in total. The quantitative estimate of drug-likeness (QED) is 0.827. The first-order chi connectivity index (χ1) is 12.2. The third-order valence-electron chi connectivity index (χ3n) is 5.25. The van der Waals surface area contributed by atoms with Gasteiger partial charge < -0.3 is 24.8 Å². The summed E-state index contributed by atoms with van der Waals surface area (Å²) in [5, 5.41) is 5.98. The summed E-state index contributed by atoms with van der Waals surface area (Å²) in [5.41, 5.74) is 1.13. The van der Waals surface area contributed by atoms with Gasteiger partial charge in [0.1, 0.15) is 5.75 Å². The van der Waals surface area contributed by atoms with Crippen LogP contribution in [0.3, 0.4) is 0 Å². The van der Waals surface area contributed by atoms with Crippen LogP contribution in [0.5, 0.6) is 5.75 Å². The minimum absolute atomic E-state index is 0.0915. The fourth-order valence-corrected chi connectivity index (χ4v) is 3.60. The third-order valence-corrected chi connectivity index (χ3v) is 5.25. The van der Waals surface area contributed by atoms with Crippen LogP contribution in [0, 0.1) is 0 Å². The van der Waals surface area contributed by atoms with E-state index in [0.29, 0.717) is 26.3 Å². The maximum Gasteiger partial charge on any atom is 0.314 e. The molecule has 0 bridgehead atoms. The molecule has 1 aromatic rings. The van der Waals surface area contributed by atoms with Crippen molar-refractivity contribution < 1.29 is 19.0 Å². The molecule has 0 saturated carbocycles. The summed E-state index contributed by atoms with van der Waals surface area (Å²) in [6.45, 7) is 3.40. The zero-order valence-electron chi connectivity index (χ0n) is 14.9. The summed E-state index contributed by atoms with van der Waals surface area (Å²) in [6.07, 6.45) is 4.04. The number of nitrogens with one attached hydrogen (secondary N) is 2. The van der Waals surface area contributed by atoms with Gasteiger partial charge in [0, 0.05) is 38.3 Å². The van der Waals surface area contributed by atoms with Gasteiger partial charge in [-0.2, -0.15) is 0 Å². The zero-order valence-corrected chi connectivity index (χ0v) is 14.9. The lowest BCUT2D eigenvalue weighted by molar-refractivity contribution is 0.0506. The molecule has 0 spiro atoms. The van der Waals surface area contributed by atoms with Gasteiger partial charge in [0.25, 0.3) is 0 Å². The maximum absolute atomic E-state index is 12.2. The van der Waals surface area contributed by atoms with E-state index in [1.54, 1.807) is 7.11 Å². The molecule has 6 heteroatoms. The smallest absolute Gasteiger partial charge is 0.314 e. The topological polar surface area (TPSA) is 68.8 Å². The summed E-state index contributed by atoms with van der Waals surface area (Å²) in [5.74, 6) is 0.841. The number of urea groups is 1. The molecule has 0 aromatic heterocycles. The Labute approximate surface area is 149 Å². The minimum atomic E-state index is -0.130. The number of amides is 2. The zero-order chi connectivity index (χ0) is 17.5. The first kappa shape index (κ1) is 18.0. The van der Waals surface area contributed by atoms with Gasteiger partial charge in [-0.15, -0.1) is 0 Å². The number of benzene rings is 1. The summed E-state index contributed by atoms with van der Waals surface area (Å²) in [4.78, 5) is 12.2. The van der Waals surface area contributed by atoms with Gasteiger partial charge in [0.15, 0.2) is 0 Å². The molecule has 0 unspecified atom stereocenters. The second kappa shape index (κ2) is 8.54. The van der Waals surface area contributed by atoms with Gasteiger partial charge in [-0.3, -0.25) is 0 Å². The molecule has 1 aromatic carbocycles. The molecule has 2 fully saturated rings. The van der Waals surface area contributed by atoms with Gasteiger partial charge in [-0.25, -0.2) is 4.79 Å². The van der Waals surface area contributed by atoms with Crippen molar-refractivity contribution in [2.24, 2.45) is 0 Å². The molecule has 25 heavy (non-hydrogen) atoms. The molecule has 2 saturated heterocycles. The highest BCUT2D eigenvalue weighted by molar-refractivity contribution is 5.74. The van der Waals surface area contributed by atoms with E-state index in [0.717, 1.165) is 38.0 Å². The Balaban J connectivity index is 1.58. The average molecular weight is 348 g/mol. The van der Waals surface area contributed by atoms with Crippen LogP contribution in [0.1, 0.15) is 31.2 Å². The first-order valence-corrected chi connectivity index (χ1v) is 9.07. The van der Waals surface area contributed by atoms with E-state index in [-0.39, 0.29) is 17.6 Å². The van der Waals surface area contributed by atoms with Gasteiger partial charge in [0.2, 0.25) is 0 Å². The van der Waals surface area contributed by atoms with Gasteiger partial charge in [-0.1, -0.05) is 12.1 Å². The molecule has 0 radical (unpaired) electrons. The second-order valence-electron chi connectivity index (χ2n) is 6.82. The lowest BCUT2D eigenvalue weighted by Gasteiger charge is -2.38. The molecule has 0 aliphatic carbocycles. The molecular formula is C19H28N2O4. The number of hydrogen-bond acceptors (Lipinski definition) is 4. The Morgan fingerprint density at radius 3 is 2.60 bits per heavy atom. The van der Waals surface area contributed by atoms with Crippen molar-refractivity contribution in [3.8, 4) is 5.75 Å². The van der Waals surface area contributed by atoms with E-state index in [1.807, 2.05) is 12.1 Å². The lowest BCUT2D eigenvalue weighted by Crippen LogP contribution is -2.48. The van der Waals surface area contributed by atoms with Crippen molar-refractivity contribution >= 4 is 6.03 Å². The van der Waals surface area contributed by atoms with Crippen LogP contribution in [-0.4, -0.2) is 52.2 Å². The largest absolute Gasteiger partial charge is 0.497 e. The average Bonchev–Trinajstić information content (AvgIpc) is 3.19. The van der Waals surface area contributed by atoms with Crippen LogP contribution >= 0.6 is 0 Å². The molecule has 2 aliphatic heterocycles. The van der Waals surface area contributed by atoms with Crippen LogP contribution in [0.15, 0.2) is 24.3 Å². The minimum Gasteiger partial charge on any atom is -0.497 e. The Kier molecular flexibility index (Phi) is 6.15. The van der Waals surface area contributed by atoms with Gasteiger partial charge >= 0.3 is 6.03 Å². The number of carbonyl (C=O) groups is 1. The van der Waals surface area contributed by atoms with E-state index in [4.69, 9.17) is 14.2 Å². The second-order valence-corrected chi connectivity index (χ2v) is 6.82. The summed E-state index contributed by atoms with van der Waals surface area (Å²) in [6, 6.07) is 8.01. The Bertz CT molecular complexity index is 549. The van der Waals surface area contributed by atoms with Crippen molar-refractivity contribution in [3.05, 3.63) is 29.8 Å². The van der Waals surface area contributed by atoms with Gasteiger partial charge in [-0.05, 0) is 43.4 Å². The van der Waals surface area contributed by atoms with E-state index in [1.165, 1.54) is 5.56 Å². The molecule has 2 N–H and O–H groups in total. The predicted molar refractivity (Wildman–Crippen MR) is 95.1 cm³/mol. The van der Waals surface area contributed by atoms with Crippen LogP contribution in [0.25, 0.3) is 0 Å². The molecule has 2 amide bonds. The van der Waals surface area contributed by atoms with E-state index >= 15 is 0 Å². The standard InChI is InChI=1S/C19H28N2O4/c1-23-16-6-4-15(5-7-16)19(8-11-24-12-9-19)14-21-18(22)20-13-17-3-2-10-25-17/h4-7,17H,2-3,8-14H2,1H3,(H2,20,21,22)/t17-/m0/s1. The van der Waals surface area contributed by atoms with E-state index in [2.05, 4.69) is 22.8 Å². The van der Waals surface area contributed by atoms with E-state index in [9.17, 15) is 4.79 Å². The fourth-order valence-electron chi connectivity index (χ4n) is 3.60. The summed E-state index contributed by atoms with van der Waals surface area (Å²) >= 11 is 0. The number of carbonyl (C=O) groups excluding carboxylic acids is 1. The Morgan fingerprint density at radius 2 is 1.96 bits per heavy atom. The van der Waals surface area contributed by atoms with Crippen molar-refractivity contribution in [3.63, 3.8) is 0 Å². The summed E-state index contributed by atoms with van der Waals surface area (Å²) in [7, 11) is 1.67. The SMILES string of the molecule is COc1ccc(C2(CNC(=O)NC[C@@H]3CCCO3)CCOCC2)cc1. The van der Waals surface area contributed by atoms with Crippen LogP contribution in [-0.2, 0) is 14.9 Å². The van der Waals surface area contributed by atoms with Crippen molar-refractivity contribution in [2.45, 2.75) is 37.2 Å². The fraction of sp³-hybridized carbons (Fsp3) is 0.632. The van der Waals surface area contributed by atoms with Crippen molar-refractivity contribution in [2.75, 3.05) is 40.0 Å². The first-order valence-electron chi connectivity index (χ1n) is 9.07. The molecule has 3 rings (SSSR count). The molecular weight excluding hydrogens is 320 g/mol. The van der Waals surface area contributed by atoms with Crippen molar-refractivity contribution in [1.29, 1.82) is 0 Å². The van der Waals surface area contributed by atoms with Gasteiger partial charge in [0.05, 0.1) is 13.2 Å². The number of rotatable bonds is 6. The summed E-state index contributed by atoms with van der Waals surface area (Å²) < 4.78 is 16.3. The number of ether oxygens (including phenoxy) is 3. The van der Waals surface area contributed by atoms with Crippen LogP contribution in [0.4, 0.5) is 4.79 Å². The molecule has 1 atom stereocenters. The van der Waals surface area contributed by atoms with E-state index < -0.39 is 0 Å². The Morgan fingerprint density at radius 1 is 1.20 bits per heavy atom. The number of methoxy groups -OCH3 is 1. The highest BCUT2D eigenvalue weighted by atomic mass is 16.5. The lowest BCUT2D eigenvalue weighted by atomic mass is 9.74. The number of hydrogen-bond donors (Lipinski definition) is 2. The third kappa shape index (κ3) is 4.64. The molecule has 2 heterocycles. The maximum atomic E-state index is 12.2. The highest BCUT2D eigenvalue weighted by Gasteiger charge is 2.35. The van der Waals surface area contributed by atoms with Crippen LogP contribution in [0.2, 0.25) is 0 Å². The highest BCUT2D eigenvalue weighted by Crippen LogP contribution is 2.35. The predicted octanol–water partition coefficient (Wildman–Crippen LogP) is 2.22.